The van der Waals surface area contributed by atoms with E-state index < -0.39 is 0 Å². The Morgan fingerprint density at radius 2 is 2.20 bits per heavy atom. The Labute approximate surface area is 87.3 Å². The smallest absolute Gasteiger partial charge is 0.150 e. The maximum absolute atomic E-state index is 10.7. The Hall–Kier alpha value is -2.03. The van der Waals surface area contributed by atoms with Crippen LogP contribution in [0.4, 0.5) is 0 Å². The molecule has 0 bridgehead atoms. The van der Waals surface area contributed by atoms with Gasteiger partial charge in [0.1, 0.15) is 17.8 Å². The van der Waals surface area contributed by atoms with Crippen molar-refractivity contribution in [3.05, 3.63) is 42.2 Å². The highest BCUT2D eigenvalue weighted by Crippen LogP contribution is 2.30. The minimum absolute atomic E-state index is 0.599. The number of furan rings is 1. The second-order valence-electron chi connectivity index (χ2n) is 3.05. The van der Waals surface area contributed by atoms with Gasteiger partial charge in [-0.1, -0.05) is 0 Å². The number of hydrogen-bond acceptors (Lipinski definition) is 3. The van der Waals surface area contributed by atoms with Gasteiger partial charge in [0, 0.05) is 5.56 Å². The number of benzene rings is 1. The van der Waals surface area contributed by atoms with Crippen LogP contribution in [0, 0.1) is 0 Å². The van der Waals surface area contributed by atoms with E-state index in [1.807, 2.05) is 6.07 Å². The molecule has 76 valence electrons. The molecule has 0 aliphatic carbocycles. The van der Waals surface area contributed by atoms with Crippen molar-refractivity contribution >= 4 is 6.29 Å². The summed E-state index contributed by atoms with van der Waals surface area (Å²) in [7, 11) is 1.59. The second-order valence-corrected chi connectivity index (χ2v) is 3.05. The molecule has 3 nitrogen and oxygen atoms in total. The molecule has 0 spiro atoms. The van der Waals surface area contributed by atoms with Crippen molar-refractivity contribution in [3.8, 4) is 17.1 Å². The summed E-state index contributed by atoms with van der Waals surface area (Å²) < 4.78 is 10.5. The Kier molecular flexibility index (Phi) is 2.54. The van der Waals surface area contributed by atoms with Crippen molar-refractivity contribution in [1.29, 1.82) is 0 Å². The lowest BCUT2D eigenvalue weighted by atomic mass is 10.1. The van der Waals surface area contributed by atoms with Crippen molar-refractivity contribution in [2.75, 3.05) is 7.11 Å². The average molecular weight is 202 g/mol. The lowest BCUT2D eigenvalue weighted by molar-refractivity contribution is 0.112. The standard InChI is InChI=1S/C12H10O3/c1-14-11-5-4-9(8-13)7-10(11)12-3-2-6-15-12/h2-8H,1H3. The summed E-state index contributed by atoms with van der Waals surface area (Å²) in [5.41, 5.74) is 1.38. The Bertz CT molecular complexity index is 458. The highest BCUT2D eigenvalue weighted by molar-refractivity contribution is 5.80. The van der Waals surface area contributed by atoms with Crippen LogP contribution in [0.15, 0.2) is 41.0 Å². The van der Waals surface area contributed by atoms with Gasteiger partial charge in [0.05, 0.1) is 18.9 Å². The predicted octanol–water partition coefficient (Wildman–Crippen LogP) is 2.77. The molecule has 1 aromatic heterocycles. The van der Waals surface area contributed by atoms with Gasteiger partial charge >= 0.3 is 0 Å². The van der Waals surface area contributed by atoms with Gasteiger partial charge in [-0.3, -0.25) is 4.79 Å². The fourth-order valence-electron chi connectivity index (χ4n) is 1.42. The summed E-state index contributed by atoms with van der Waals surface area (Å²) in [5.74, 6) is 1.38. The van der Waals surface area contributed by atoms with Crippen LogP contribution in [0.25, 0.3) is 11.3 Å². The third-order valence-electron chi connectivity index (χ3n) is 2.15. The van der Waals surface area contributed by atoms with Crippen LogP contribution in [-0.2, 0) is 0 Å². The SMILES string of the molecule is COc1ccc(C=O)cc1-c1ccco1. The molecular formula is C12H10O3. The van der Waals surface area contributed by atoms with Crippen molar-refractivity contribution in [1.82, 2.24) is 0 Å². The summed E-state index contributed by atoms with van der Waals surface area (Å²) >= 11 is 0. The second kappa shape index (κ2) is 4.00. The average Bonchev–Trinajstić information content (AvgIpc) is 2.81. The zero-order valence-corrected chi connectivity index (χ0v) is 8.27. The predicted molar refractivity (Wildman–Crippen MR) is 56.1 cm³/mol. The van der Waals surface area contributed by atoms with E-state index in [1.165, 1.54) is 0 Å². The molecule has 0 saturated carbocycles. The fraction of sp³-hybridized carbons (Fsp3) is 0.0833. The van der Waals surface area contributed by atoms with Gasteiger partial charge in [0.15, 0.2) is 0 Å². The quantitative estimate of drug-likeness (QED) is 0.718. The molecule has 3 heteroatoms. The lowest BCUT2D eigenvalue weighted by Crippen LogP contribution is -1.89. The summed E-state index contributed by atoms with van der Waals surface area (Å²) in [4.78, 5) is 10.7. The first-order valence-electron chi connectivity index (χ1n) is 4.52. The van der Waals surface area contributed by atoms with E-state index in [1.54, 1.807) is 37.6 Å². The van der Waals surface area contributed by atoms with Crippen molar-refractivity contribution in [2.45, 2.75) is 0 Å². The van der Waals surface area contributed by atoms with Crippen molar-refractivity contribution < 1.29 is 13.9 Å². The molecule has 0 amide bonds. The number of rotatable bonds is 3. The fourth-order valence-corrected chi connectivity index (χ4v) is 1.42. The van der Waals surface area contributed by atoms with E-state index in [-0.39, 0.29) is 0 Å². The van der Waals surface area contributed by atoms with Gasteiger partial charge < -0.3 is 9.15 Å². The summed E-state index contributed by atoms with van der Waals surface area (Å²) in [6.45, 7) is 0. The van der Waals surface area contributed by atoms with Crippen LogP contribution in [0.1, 0.15) is 10.4 Å². The van der Waals surface area contributed by atoms with Crippen LogP contribution >= 0.6 is 0 Å². The number of ether oxygens (including phenoxy) is 1. The first-order chi connectivity index (χ1) is 7.35. The highest BCUT2D eigenvalue weighted by Gasteiger charge is 2.08. The summed E-state index contributed by atoms with van der Waals surface area (Å²) in [5, 5.41) is 0. The molecule has 0 saturated heterocycles. The third-order valence-corrected chi connectivity index (χ3v) is 2.15. The lowest BCUT2D eigenvalue weighted by Gasteiger charge is -2.06. The maximum Gasteiger partial charge on any atom is 0.150 e. The summed E-state index contributed by atoms with van der Waals surface area (Å²) in [6, 6.07) is 8.82. The van der Waals surface area contributed by atoms with E-state index in [0.29, 0.717) is 17.1 Å². The monoisotopic (exact) mass is 202 g/mol. The van der Waals surface area contributed by atoms with Gasteiger partial charge in [0.2, 0.25) is 0 Å². The van der Waals surface area contributed by atoms with Crippen LogP contribution in [0.3, 0.4) is 0 Å². The molecule has 1 heterocycles. The molecule has 2 rings (SSSR count). The Balaban J connectivity index is 2.56. The molecule has 15 heavy (non-hydrogen) atoms. The van der Waals surface area contributed by atoms with Crippen LogP contribution < -0.4 is 4.74 Å². The van der Waals surface area contributed by atoms with Gasteiger partial charge in [-0.2, -0.15) is 0 Å². The van der Waals surface area contributed by atoms with Gasteiger partial charge in [0.25, 0.3) is 0 Å². The van der Waals surface area contributed by atoms with E-state index in [4.69, 9.17) is 9.15 Å². The molecule has 2 aromatic rings. The number of carbonyl (C=O) groups is 1. The maximum atomic E-state index is 10.7. The molecule has 1 aromatic carbocycles. The third kappa shape index (κ3) is 1.76. The van der Waals surface area contributed by atoms with E-state index >= 15 is 0 Å². The molecular weight excluding hydrogens is 192 g/mol. The normalized spacial score (nSPS) is 9.93. The molecule has 0 aliphatic rings. The highest BCUT2D eigenvalue weighted by atomic mass is 16.5. The van der Waals surface area contributed by atoms with Gasteiger partial charge in [-0.15, -0.1) is 0 Å². The van der Waals surface area contributed by atoms with Gasteiger partial charge in [-0.05, 0) is 30.3 Å². The van der Waals surface area contributed by atoms with Crippen LogP contribution in [-0.4, -0.2) is 13.4 Å². The molecule has 0 atom stereocenters. The molecule has 0 radical (unpaired) electrons. The zero-order chi connectivity index (χ0) is 10.7. The molecule has 0 unspecified atom stereocenters. The van der Waals surface area contributed by atoms with E-state index in [9.17, 15) is 4.79 Å². The van der Waals surface area contributed by atoms with Crippen molar-refractivity contribution in [2.24, 2.45) is 0 Å². The largest absolute Gasteiger partial charge is 0.496 e. The zero-order valence-electron chi connectivity index (χ0n) is 8.27. The molecule has 0 fully saturated rings. The number of methoxy groups -OCH3 is 1. The molecule has 0 aliphatic heterocycles. The van der Waals surface area contributed by atoms with E-state index in [2.05, 4.69) is 0 Å². The Morgan fingerprint density at radius 3 is 2.80 bits per heavy atom. The Morgan fingerprint density at radius 1 is 1.33 bits per heavy atom. The topological polar surface area (TPSA) is 39.4 Å². The minimum atomic E-state index is 0.599. The molecule has 0 N–H and O–H groups in total. The van der Waals surface area contributed by atoms with E-state index in [0.717, 1.165) is 11.8 Å². The van der Waals surface area contributed by atoms with Gasteiger partial charge in [-0.25, -0.2) is 0 Å². The number of hydrogen-bond donors (Lipinski definition) is 0. The van der Waals surface area contributed by atoms with Crippen LogP contribution in [0.5, 0.6) is 5.75 Å². The summed E-state index contributed by atoms with van der Waals surface area (Å²) in [6.07, 6.45) is 2.38. The van der Waals surface area contributed by atoms with Crippen LogP contribution in [0.2, 0.25) is 0 Å². The number of carbonyl (C=O) groups excluding carboxylic acids is 1. The minimum Gasteiger partial charge on any atom is -0.496 e. The van der Waals surface area contributed by atoms with Crippen molar-refractivity contribution in [3.63, 3.8) is 0 Å². The number of aldehydes is 1. The first kappa shape index (κ1) is 9.52. The first-order valence-corrected chi connectivity index (χ1v) is 4.52.